The second-order valence-corrected chi connectivity index (χ2v) is 2.56. The zero-order valence-electron chi connectivity index (χ0n) is 5.11. The number of carboxylic acids is 1. The summed E-state index contributed by atoms with van der Waals surface area (Å²) in [6, 6.07) is 0. The SMILES string of the molecule is CC(O)CC(S)C(=O)O. The molecule has 2 unspecified atom stereocenters. The van der Waals surface area contributed by atoms with Gasteiger partial charge in [-0.1, -0.05) is 0 Å². The van der Waals surface area contributed by atoms with Gasteiger partial charge in [0.15, 0.2) is 0 Å². The van der Waals surface area contributed by atoms with E-state index in [1.54, 1.807) is 0 Å². The van der Waals surface area contributed by atoms with E-state index in [1.165, 1.54) is 6.92 Å². The molecule has 0 saturated heterocycles. The molecule has 0 heterocycles. The summed E-state index contributed by atoms with van der Waals surface area (Å²) < 4.78 is 0. The molecule has 54 valence electrons. The number of aliphatic hydroxyl groups is 1. The topological polar surface area (TPSA) is 57.5 Å². The summed E-state index contributed by atoms with van der Waals surface area (Å²) in [5, 5.41) is 16.2. The zero-order valence-corrected chi connectivity index (χ0v) is 6.01. The van der Waals surface area contributed by atoms with Crippen LogP contribution in [0.15, 0.2) is 0 Å². The third-order valence-corrected chi connectivity index (χ3v) is 1.28. The molecular weight excluding hydrogens is 140 g/mol. The zero-order chi connectivity index (χ0) is 7.44. The predicted octanol–water partition coefficient (Wildman–Crippen LogP) is 0.140. The van der Waals surface area contributed by atoms with E-state index >= 15 is 0 Å². The van der Waals surface area contributed by atoms with Crippen molar-refractivity contribution in [3.8, 4) is 0 Å². The fourth-order valence-corrected chi connectivity index (χ4v) is 0.729. The van der Waals surface area contributed by atoms with E-state index in [0.29, 0.717) is 0 Å². The lowest BCUT2D eigenvalue weighted by Gasteiger charge is -2.05. The summed E-state index contributed by atoms with van der Waals surface area (Å²) in [6.07, 6.45) is -0.401. The fraction of sp³-hybridized carbons (Fsp3) is 0.800. The monoisotopic (exact) mass is 150 g/mol. The minimum atomic E-state index is -0.987. The molecule has 0 aromatic heterocycles. The number of carboxylic acid groups (broad SMARTS) is 1. The van der Waals surface area contributed by atoms with E-state index in [-0.39, 0.29) is 6.42 Å². The average molecular weight is 150 g/mol. The molecule has 0 aromatic carbocycles. The second-order valence-electron chi connectivity index (χ2n) is 1.94. The van der Waals surface area contributed by atoms with Crippen molar-refractivity contribution in [2.24, 2.45) is 0 Å². The number of hydrogen-bond acceptors (Lipinski definition) is 3. The van der Waals surface area contributed by atoms with Gasteiger partial charge in [-0.15, -0.1) is 0 Å². The molecule has 0 aliphatic heterocycles. The van der Waals surface area contributed by atoms with Crippen molar-refractivity contribution in [3.05, 3.63) is 0 Å². The molecule has 0 aliphatic rings. The van der Waals surface area contributed by atoms with Crippen LogP contribution >= 0.6 is 12.6 Å². The van der Waals surface area contributed by atoms with Crippen LogP contribution in [0.3, 0.4) is 0 Å². The van der Waals surface area contributed by atoms with Gasteiger partial charge >= 0.3 is 5.97 Å². The number of thiol groups is 1. The third-order valence-electron chi connectivity index (χ3n) is 0.849. The Morgan fingerprint density at radius 1 is 1.78 bits per heavy atom. The van der Waals surface area contributed by atoms with E-state index in [0.717, 1.165) is 0 Å². The molecule has 0 spiro atoms. The molecule has 0 rings (SSSR count). The number of carbonyl (C=O) groups is 1. The van der Waals surface area contributed by atoms with Crippen molar-refractivity contribution in [2.75, 3.05) is 0 Å². The third kappa shape index (κ3) is 4.29. The van der Waals surface area contributed by atoms with Crippen LogP contribution in [0.4, 0.5) is 0 Å². The normalized spacial score (nSPS) is 16.8. The fourth-order valence-electron chi connectivity index (χ4n) is 0.424. The molecule has 2 atom stereocenters. The Labute approximate surface area is 59.1 Å². The van der Waals surface area contributed by atoms with Crippen LogP contribution in [0.5, 0.6) is 0 Å². The molecule has 0 bridgehead atoms. The highest BCUT2D eigenvalue weighted by Crippen LogP contribution is 2.04. The summed E-state index contributed by atoms with van der Waals surface area (Å²) in [5.41, 5.74) is 0. The van der Waals surface area contributed by atoms with Crippen LogP contribution in [0.2, 0.25) is 0 Å². The first-order valence-corrected chi connectivity index (χ1v) is 3.14. The smallest absolute Gasteiger partial charge is 0.316 e. The van der Waals surface area contributed by atoms with Crippen molar-refractivity contribution in [2.45, 2.75) is 24.7 Å². The molecule has 0 radical (unpaired) electrons. The van der Waals surface area contributed by atoms with Crippen LogP contribution in [0, 0.1) is 0 Å². The van der Waals surface area contributed by atoms with E-state index in [9.17, 15) is 4.79 Å². The van der Waals surface area contributed by atoms with Crippen LogP contribution in [-0.4, -0.2) is 27.5 Å². The van der Waals surface area contributed by atoms with Gasteiger partial charge in [-0.05, 0) is 13.3 Å². The van der Waals surface area contributed by atoms with Gasteiger partial charge in [-0.2, -0.15) is 12.6 Å². The lowest BCUT2D eigenvalue weighted by Crippen LogP contribution is -2.18. The number of aliphatic hydroxyl groups excluding tert-OH is 1. The Hall–Kier alpha value is -0.220. The predicted molar refractivity (Wildman–Crippen MR) is 36.7 cm³/mol. The minimum absolute atomic E-state index is 0.193. The Balaban J connectivity index is 3.50. The lowest BCUT2D eigenvalue weighted by molar-refractivity contribution is -0.136. The van der Waals surface area contributed by atoms with Gasteiger partial charge in [0, 0.05) is 0 Å². The van der Waals surface area contributed by atoms with Crippen molar-refractivity contribution in [3.63, 3.8) is 0 Å². The maximum absolute atomic E-state index is 10.0. The molecule has 0 aliphatic carbocycles. The summed E-state index contributed by atoms with van der Waals surface area (Å²) in [6.45, 7) is 1.53. The van der Waals surface area contributed by atoms with Crippen molar-refractivity contribution < 1.29 is 15.0 Å². The molecule has 9 heavy (non-hydrogen) atoms. The molecule has 0 saturated carbocycles. The molecule has 2 N–H and O–H groups in total. The summed E-state index contributed by atoms with van der Waals surface area (Å²) in [4.78, 5) is 10.0. The maximum Gasteiger partial charge on any atom is 0.316 e. The minimum Gasteiger partial charge on any atom is -0.480 e. The van der Waals surface area contributed by atoms with E-state index in [2.05, 4.69) is 12.6 Å². The van der Waals surface area contributed by atoms with Gasteiger partial charge in [0.1, 0.15) is 5.25 Å². The van der Waals surface area contributed by atoms with Crippen LogP contribution in [0.1, 0.15) is 13.3 Å². The number of aliphatic carboxylic acids is 1. The van der Waals surface area contributed by atoms with E-state index < -0.39 is 17.3 Å². The van der Waals surface area contributed by atoms with Crippen LogP contribution in [-0.2, 0) is 4.79 Å². The highest BCUT2D eigenvalue weighted by molar-refractivity contribution is 7.81. The highest BCUT2D eigenvalue weighted by atomic mass is 32.1. The Bertz CT molecular complexity index is 102. The van der Waals surface area contributed by atoms with Crippen LogP contribution < -0.4 is 0 Å². The summed E-state index contributed by atoms with van der Waals surface area (Å²) in [5.74, 6) is -0.987. The maximum atomic E-state index is 10.0. The van der Waals surface area contributed by atoms with Gasteiger partial charge < -0.3 is 10.2 Å². The average Bonchev–Trinajstić information content (AvgIpc) is 1.63. The number of hydrogen-bond donors (Lipinski definition) is 3. The standard InChI is InChI=1S/C5H10O3S/c1-3(6)2-4(9)5(7)8/h3-4,6,9H,2H2,1H3,(H,7,8). The first kappa shape index (κ1) is 8.78. The van der Waals surface area contributed by atoms with Gasteiger partial charge in [0.2, 0.25) is 0 Å². The van der Waals surface area contributed by atoms with Gasteiger partial charge in [-0.3, -0.25) is 4.79 Å². The molecule has 0 fully saturated rings. The second kappa shape index (κ2) is 3.74. The molecule has 4 heteroatoms. The molecule has 3 nitrogen and oxygen atoms in total. The van der Waals surface area contributed by atoms with Gasteiger partial charge in [0.05, 0.1) is 6.10 Å². The first-order chi connectivity index (χ1) is 4.04. The van der Waals surface area contributed by atoms with Crippen molar-refractivity contribution >= 4 is 18.6 Å². The van der Waals surface area contributed by atoms with E-state index in [1.807, 2.05) is 0 Å². The Morgan fingerprint density at radius 3 is 2.33 bits per heavy atom. The van der Waals surface area contributed by atoms with Crippen LogP contribution in [0.25, 0.3) is 0 Å². The first-order valence-electron chi connectivity index (χ1n) is 2.63. The van der Waals surface area contributed by atoms with Crippen molar-refractivity contribution in [1.29, 1.82) is 0 Å². The summed E-state index contributed by atoms with van der Waals surface area (Å²) >= 11 is 3.70. The number of rotatable bonds is 3. The molecule has 0 amide bonds. The van der Waals surface area contributed by atoms with Gasteiger partial charge in [-0.25, -0.2) is 0 Å². The largest absolute Gasteiger partial charge is 0.480 e. The highest BCUT2D eigenvalue weighted by Gasteiger charge is 2.13. The molecular formula is C5H10O3S. The Morgan fingerprint density at radius 2 is 2.22 bits per heavy atom. The van der Waals surface area contributed by atoms with Gasteiger partial charge in [0.25, 0.3) is 0 Å². The quantitative estimate of drug-likeness (QED) is 0.501. The Kier molecular flexibility index (Phi) is 3.65. The molecule has 0 aromatic rings. The summed E-state index contributed by atoms with van der Waals surface area (Å²) in [7, 11) is 0. The lowest BCUT2D eigenvalue weighted by atomic mass is 10.2. The van der Waals surface area contributed by atoms with E-state index in [4.69, 9.17) is 10.2 Å². The van der Waals surface area contributed by atoms with Crippen molar-refractivity contribution in [1.82, 2.24) is 0 Å².